The van der Waals surface area contributed by atoms with Crippen LogP contribution in [0.3, 0.4) is 0 Å². The molecule has 0 aromatic heterocycles. The molecule has 0 saturated carbocycles. The van der Waals surface area contributed by atoms with Gasteiger partial charge in [0.2, 0.25) is 0 Å². The van der Waals surface area contributed by atoms with E-state index in [2.05, 4.69) is 5.73 Å². The monoisotopic (exact) mass is 99.0 g/mol. The van der Waals surface area contributed by atoms with E-state index < -0.39 is 0 Å². The molecule has 0 atom stereocenters. The number of aliphatic hydroxyl groups is 1. The maximum Gasteiger partial charge on any atom is 0.0319 e. The van der Waals surface area contributed by atoms with Gasteiger partial charge in [-0.1, -0.05) is 0 Å². The molecule has 0 bridgehead atoms. The second-order valence-corrected chi connectivity index (χ2v) is 0. The first-order chi connectivity index (χ1) is 2.00. The summed E-state index contributed by atoms with van der Waals surface area (Å²) in [6.45, 7) is 0. The number of hydrogen-bond donors (Lipinski definition) is 2. The van der Waals surface area contributed by atoms with Crippen LogP contribution in [0, 0.1) is 0 Å². The minimum absolute atomic E-state index is 0. The van der Waals surface area contributed by atoms with E-state index in [1.807, 2.05) is 0 Å². The molecule has 0 aliphatic carbocycles. The molecule has 0 amide bonds. The van der Waals surface area contributed by atoms with Gasteiger partial charge in [-0.2, -0.15) is 0 Å². The molecule has 0 spiro atoms. The SMILES string of the molecule is CN.CO.Cl. The summed E-state index contributed by atoms with van der Waals surface area (Å²) >= 11 is 0. The summed E-state index contributed by atoms with van der Waals surface area (Å²) < 4.78 is 0. The fourth-order valence-electron chi connectivity index (χ4n) is 0. The van der Waals surface area contributed by atoms with Crippen molar-refractivity contribution in [2.45, 2.75) is 0 Å². The lowest BCUT2D eigenvalue weighted by Crippen LogP contribution is -1.69. The van der Waals surface area contributed by atoms with E-state index in [-0.39, 0.29) is 12.4 Å². The first-order valence-electron chi connectivity index (χ1n) is 1.02. The summed E-state index contributed by atoms with van der Waals surface area (Å²) in [5.74, 6) is 0. The molecule has 0 fully saturated rings. The molecule has 0 unspecified atom stereocenters. The average Bonchev–Trinajstić information content (AvgIpc) is 1.50. The van der Waals surface area contributed by atoms with E-state index in [4.69, 9.17) is 5.11 Å². The summed E-state index contributed by atoms with van der Waals surface area (Å²) in [6.07, 6.45) is 0. The van der Waals surface area contributed by atoms with E-state index >= 15 is 0 Å². The van der Waals surface area contributed by atoms with Crippen molar-refractivity contribution in [2.75, 3.05) is 14.2 Å². The molecule has 5 heavy (non-hydrogen) atoms. The van der Waals surface area contributed by atoms with Crippen molar-refractivity contribution < 1.29 is 5.11 Å². The predicted molar refractivity (Wildman–Crippen MR) is 25.5 cm³/mol. The average molecular weight is 99.6 g/mol. The number of hydrogen-bond acceptors (Lipinski definition) is 2. The van der Waals surface area contributed by atoms with Gasteiger partial charge >= 0.3 is 0 Å². The fraction of sp³-hybridized carbons (Fsp3) is 1.00. The lowest BCUT2D eigenvalue weighted by atomic mass is 11.6. The van der Waals surface area contributed by atoms with Gasteiger partial charge in [0.1, 0.15) is 0 Å². The van der Waals surface area contributed by atoms with E-state index in [1.165, 1.54) is 7.05 Å². The summed E-state index contributed by atoms with van der Waals surface area (Å²) in [5, 5.41) is 7.00. The normalized spacial score (nSPS) is 2.40. The highest BCUT2D eigenvalue weighted by Crippen LogP contribution is 0.755. The first-order valence-corrected chi connectivity index (χ1v) is 1.02. The van der Waals surface area contributed by atoms with Crippen LogP contribution in [0.25, 0.3) is 0 Å². The van der Waals surface area contributed by atoms with Gasteiger partial charge in [-0.3, -0.25) is 0 Å². The van der Waals surface area contributed by atoms with Crippen LogP contribution in [-0.2, 0) is 0 Å². The van der Waals surface area contributed by atoms with Gasteiger partial charge in [-0.15, -0.1) is 12.4 Å². The Balaban J connectivity index is -0.0000000133. The maximum atomic E-state index is 7.00. The highest BCUT2D eigenvalue weighted by molar-refractivity contribution is 5.85. The molecule has 0 aliphatic heterocycles. The number of nitrogens with two attached hydrogens (primary N) is 1. The zero-order valence-corrected chi connectivity index (χ0v) is 4.25. The Kier molecular flexibility index (Phi) is 3720. The van der Waals surface area contributed by atoms with Gasteiger partial charge in [0.25, 0.3) is 0 Å². The Morgan fingerprint density at radius 3 is 1.20 bits per heavy atom. The fourth-order valence-corrected chi connectivity index (χ4v) is 0. The third-order valence-electron chi connectivity index (χ3n) is 0. The van der Waals surface area contributed by atoms with Crippen LogP contribution in [0.4, 0.5) is 0 Å². The number of aliphatic hydroxyl groups excluding tert-OH is 1. The lowest BCUT2D eigenvalue weighted by molar-refractivity contribution is 0.399. The molecule has 3 N–H and O–H groups in total. The summed E-state index contributed by atoms with van der Waals surface area (Å²) in [6, 6.07) is 0. The zero-order valence-electron chi connectivity index (χ0n) is 3.43. The molecule has 0 radical (unpaired) electrons. The number of rotatable bonds is 0. The standard InChI is InChI=1S/CH5N.CH4O.ClH/c2*1-2;/h2H2,1H3;2H,1H3;1H. The summed E-state index contributed by atoms with van der Waals surface area (Å²) in [7, 11) is 2.50. The molecule has 0 heterocycles. The highest BCUT2D eigenvalue weighted by Gasteiger charge is 0.840. The Bertz CT molecular complexity index is 9.61. The molecule has 36 valence electrons. The van der Waals surface area contributed by atoms with Gasteiger partial charge in [-0.05, 0) is 7.05 Å². The van der Waals surface area contributed by atoms with Crippen molar-refractivity contribution >= 4 is 12.4 Å². The quantitative estimate of drug-likeness (QED) is 0.434. The predicted octanol–water partition coefficient (Wildman–Crippen LogP) is -0.395. The molecule has 0 aromatic rings. The molecule has 0 aromatic carbocycles. The van der Waals surface area contributed by atoms with Crippen molar-refractivity contribution in [1.82, 2.24) is 0 Å². The first kappa shape index (κ1) is 18.9. The molecular weight excluding hydrogens is 89.5 g/mol. The highest BCUT2D eigenvalue weighted by atomic mass is 35.5. The molecular formula is C2H10ClNO. The minimum Gasteiger partial charge on any atom is -0.400 e. The van der Waals surface area contributed by atoms with Gasteiger partial charge in [0, 0.05) is 7.11 Å². The van der Waals surface area contributed by atoms with Crippen molar-refractivity contribution in [2.24, 2.45) is 5.73 Å². The smallest absolute Gasteiger partial charge is 0.0319 e. The van der Waals surface area contributed by atoms with Crippen molar-refractivity contribution in [3.05, 3.63) is 0 Å². The van der Waals surface area contributed by atoms with Gasteiger partial charge < -0.3 is 10.8 Å². The van der Waals surface area contributed by atoms with Crippen molar-refractivity contribution in [1.29, 1.82) is 0 Å². The van der Waals surface area contributed by atoms with Crippen LogP contribution in [0.1, 0.15) is 0 Å². The van der Waals surface area contributed by atoms with Gasteiger partial charge in [0.05, 0.1) is 0 Å². The van der Waals surface area contributed by atoms with Crippen molar-refractivity contribution in [3.63, 3.8) is 0 Å². The van der Waals surface area contributed by atoms with E-state index in [1.54, 1.807) is 0 Å². The summed E-state index contributed by atoms with van der Waals surface area (Å²) in [4.78, 5) is 0. The van der Waals surface area contributed by atoms with E-state index in [0.29, 0.717) is 0 Å². The second kappa shape index (κ2) is 984. The third-order valence-corrected chi connectivity index (χ3v) is 0. The molecule has 2 nitrogen and oxygen atoms in total. The van der Waals surface area contributed by atoms with Gasteiger partial charge in [0.15, 0.2) is 0 Å². The second-order valence-electron chi connectivity index (χ2n) is 0. The Labute approximate surface area is 38.4 Å². The Morgan fingerprint density at radius 1 is 1.20 bits per heavy atom. The molecule has 0 aliphatic rings. The maximum absolute atomic E-state index is 7.00. The minimum atomic E-state index is 0. The zero-order chi connectivity index (χ0) is 4.00. The van der Waals surface area contributed by atoms with Crippen LogP contribution in [0.2, 0.25) is 0 Å². The van der Waals surface area contributed by atoms with E-state index in [0.717, 1.165) is 7.11 Å². The topological polar surface area (TPSA) is 46.2 Å². The van der Waals surface area contributed by atoms with Crippen LogP contribution >= 0.6 is 12.4 Å². The molecule has 3 heteroatoms. The lowest BCUT2D eigenvalue weighted by Gasteiger charge is -1.21. The molecule has 0 rings (SSSR count). The van der Waals surface area contributed by atoms with Crippen LogP contribution in [0.15, 0.2) is 0 Å². The van der Waals surface area contributed by atoms with Crippen LogP contribution in [0.5, 0.6) is 0 Å². The van der Waals surface area contributed by atoms with E-state index in [9.17, 15) is 0 Å². The molecule has 0 saturated heterocycles. The van der Waals surface area contributed by atoms with Crippen LogP contribution in [-0.4, -0.2) is 19.3 Å². The summed E-state index contributed by atoms with van der Waals surface area (Å²) in [5.41, 5.74) is 4.50. The number of halogens is 1. The Hall–Kier alpha value is 0.210. The Morgan fingerprint density at radius 2 is 1.20 bits per heavy atom. The van der Waals surface area contributed by atoms with Crippen LogP contribution < -0.4 is 5.73 Å². The van der Waals surface area contributed by atoms with Crippen molar-refractivity contribution in [3.8, 4) is 0 Å². The third kappa shape index (κ3) is 466. The largest absolute Gasteiger partial charge is 0.400 e. The van der Waals surface area contributed by atoms with Gasteiger partial charge in [-0.25, -0.2) is 0 Å².